The molecule has 3 rings (SSSR count). The summed E-state index contributed by atoms with van der Waals surface area (Å²) < 4.78 is 39.7. The number of nitrogens with zero attached hydrogens (tertiary/aromatic N) is 3. The molecular weight excluding hydrogens is 349 g/mol. The van der Waals surface area contributed by atoms with E-state index in [9.17, 15) is 23.1 Å². The minimum absolute atomic E-state index is 0.0834. The lowest BCUT2D eigenvalue weighted by molar-refractivity contribution is -0.141. The topological polar surface area (TPSA) is 87.5 Å². The summed E-state index contributed by atoms with van der Waals surface area (Å²) in [5, 5.41) is 13.5. The van der Waals surface area contributed by atoms with Gasteiger partial charge >= 0.3 is 6.18 Å². The molecule has 0 aliphatic rings. The molecule has 1 aromatic carbocycles. The third-order valence-electron chi connectivity index (χ3n) is 3.41. The fourth-order valence-electron chi connectivity index (χ4n) is 2.21. The van der Waals surface area contributed by atoms with Crippen LogP contribution < -0.4 is 5.43 Å². The van der Waals surface area contributed by atoms with Crippen LogP contribution in [-0.2, 0) is 6.18 Å². The van der Waals surface area contributed by atoms with E-state index in [1.165, 1.54) is 30.5 Å². The lowest BCUT2D eigenvalue weighted by Gasteiger charge is -2.11. The van der Waals surface area contributed by atoms with Crippen molar-refractivity contribution >= 4 is 23.2 Å². The predicted octanol–water partition coefficient (Wildman–Crippen LogP) is 3.12. The van der Waals surface area contributed by atoms with Gasteiger partial charge < -0.3 is 5.11 Å². The number of fused-ring (bicyclic) bond motifs is 1. The Morgan fingerprint density at radius 3 is 2.69 bits per heavy atom. The molecule has 0 bridgehead atoms. The molecule has 26 heavy (non-hydrogen) atoms. The Morgan fingerprint density at radius 2 is 1.96 bits per heavy atom. The fraction of sp³-hybridized carbons (Fsp3) is 0.0588. The Balaban J connectivity index is 1.93. The number of rotatable bonds is 3. The standard InChI is InChI=1S/C17H11F3N4O2/c18-17(19,20)14-12(8-10-5-3-7-21-15(10)23-14)16(26)24-22-9-11-4-1-2-6-13(11)25/h1-9,25H,(H,24,26)/b22-9+. The molecule has 9 heteroatoms. The molecule has 0 radical (unpaired) electrons. The molecule has 1 amide bonds. The largest absolute Gasteiger partial charge is 0.507 e. The lowest BCUT2D eigenvalue weighted by atomic mass is 10.1. The molecule has 0 saturated carbocycles. The van der Waals surface area contributed by atoms with Gasteiger partial charge in [-0.05, 0) is 30.3 Å². The van der Waals surface area contributed by atoms with Crippen LogP contribution in [0.4, 0.5) is 13.2 Å². The number of hydrazone groups is 1. The molecule has 6 nitrogen and oxygen atoms in total. The number of benzene rings is 1. The maximum absolute atomic E-state index is 13.2. The summed E-state index contributed by atoms with van der Waals surface area (Å²) in [6.45, 7) is 0. The first kappa shape index (κ1) is 17.3. The average molecular weight is 360 g/mol. The van der Waals surface area contributed by atoms with Gasteiger partial charge in [0.15, 0.2) is 11.3 Å². The molecule has 2 N–H and O–H groups in total. The Labute approximate surface area is 145 Å². The zero-order valence-electron chi connectivity index (χ0n) is 13.0. The highest BCUT2D eigenvalue weighted by Crippen LogP contribution is 2.32. The number of phenolic OH excluding ortho intramolecular Hbond substituents is 1. The van der Waals surface area contributed by atoms with E-state index in [2.05, 4.69) is 15.1 Å². The number of aromatic nitrogens is 2. The predicted molar refractivity (Wildman–Crippen MR) is 87.7 cm³/mol. The highest BCUT2D eigenvalue weighted by Gasteiger charge is 2.37. The van der Waals surface area contributed by atoms with Crippen LogP contribution in [0, 0.1) is 0 Å². The second-order valence-corrected chi connectivity index (χ2v) is 5.19. The third-order valence-corrected chi connectivity index (χ3v) is 3.41. The van der Waals surface area contributed by atoms with E-state index in [1.54, 1.807) is 12.1 Å². The van der Waals surface area contributed by atoms with Crippen LogP contribution in [-0.4, -0.2) is 27.2 Å². The van der Waals surface area contributed by atoms with Gasteiger partial charge in [-0.25, -0.2) is 15.4 Å². The van der Waals surface area contributed by atoms with Crippen LogP contribution >= 0.6 is 0 Å². The van der Waals surface area contributed by atoms with Gasteiger partial charge in [-0.3, -0.25) is 4.79 Å². The van der Waals surface area contributed by atoms with E-state index < -0.39 is 23.3 Å². The summed E-state index contributed by atoms with van der Waals surface area (Å²) in [5.41, 5.74) is 0.168. The minimum Gasteiger partial charge on any atom is -0.507 e. The Bertz CT molecular complexity index is 1000. The molecule has 0 saturated heterocycles. The van der Waals surface area contributed by atoms with Gasteiger partial charge in [0.05, 0.1) is 11.8 Å². The van der Waals surface area contributed by atoms with Gasteiger partial charge in [0, 0.05) is 17.1 Å². The van der Waals surface area contributed by atoms with E-state index in [0.29, 0.717) is 5.56 Å². The van der Waals surface area contributed by atoms with E-state index >= 15 is 0 Å². The van der Waals surface area contributed by atoms with Crippen molar-refractivity contribution in [1.82, 2.24) is 15.4 Å². The Kier molecular flexibility index (Phi) is 4.53. The molecule has 0 aliphatic carbocycles. The quantitative estimate of drug-likeness (QED) is 0.555. The van der Waals surface area contributed by atoms with Gasteiger partial charge in [0.2, 0.25) is 0 Å². The van der Waals surface area contributed by atoms with Crippen molar-refractivity contribution in [2.45, 2.75) is 6.18 Å². The molecule has 0 fully saturated rings. The maximum atomic E-state index is 13.2. The van der Waals surface area contributed by atoms with Crippen molar-refractivity contribution in [2.24, 2.45) is 5.10 Å². The number of pyridine rings is 2. The zero-order valence-corrected chi connectivity index (χ0v) is 13.0. The van der Waals surface area contributed by atoms with Crippen LogP contribution in [0.5, 0.6) is 5.75 Å². The number of amides is 1. The van der Waals surface area contributed by atoms with Crippen molar-refractivity contribution < 1.29 is 23.1 Å². The van der Waals surface area contributed by atoms with Crippen molar-refractivity contribution in [2.75, 3.05) is 0 Å². The molecule has 0 atom stereocenters. The van der Waals surface area contributed by atoms with Gasteiger partial charge in [-0.15, -0.1) is 0 Å². The van der Waals surface area contributed by atoms with Gasteiger partial charge in [0.1, 0.15) is 5.75 Å². The molecule has 2 aromatic heterocycles. The molecule has 3 aromatic rings. The van der Waals surface area contributed by atoms with Gasteiger partial charge in [-0.1, -0.05) is 12.1 Å². The zero-order chi connectivity index (χ0) is 18.7. The molecule has 132 valence electrons. The first-order valence-corrected chi connectivity index (χ1v) is 7.30. The summed E-state index contributed by atoms with van der Waals surface area (Å²) in [4.78, 5) is 19.4. The number of hydrogen-bond acceptors (Lipinski definition) is 5. The van der Waals surface area contributed by atoms with Crippen molar-refractivity contribution in [1.29, 1.82) is 0 Å². The number of hydrogen-bond donors (Lipinski definition) is 2. The van der Waals surface area contributed by atoms with Gasteiger partial charge in [0.25, 0.3) is 5.91 Å². The van der Waals surface area contributed by atoms with E-state index in [1.807, 2.05) is 5.43 Å². The normalized spacial score (nSPS) is 11.8. The SMILES string of the molecule is O=C(N/N=C/c1ccccc1O)c1cc2cccnc2nc1C(F)(F)F. The third kappa shape index (κ3) is 3.61. The fourth-order valence-corrected chi connectivity index (χ4v) is 2.21. The lowest BCUT2D eigenvalue weighted by Crippen LogP contribution is -2.23. The number of carbonyl (C=O) groups is 1. The number of halogens is 3. The van der Waals surface area contributed by atoms with Crippen molar-refractivity contribution in [3.05, 3.63) is 65.5 Å². The number of alkyl halides is 3. The summed E-state index contributed by atoms with van der Waals surface area (Å²) in [7, 11) is 0. The van der Waals surface area contributed by atoms with Crippen molar-refractivity contribution in [3.8, 4) is 5.75 Å². The Hall–Kier alpha value is -3.49. The van der Waals surface area contributed by atoms with E-state index in [4.69, 9.17) is 0 Å². The van der Waals surface area contributed by atoms with Crippen LogP contribution in [0.3, 0.4) is 0 Å². The summed E-state index contributed by atoms with van der Waals surface area (Å²) in [6.07, 6.45) is -2.40. The summed E-state index contributed by atoms with van der Waals surface area (Å²) in [5.74, 6) is -1.16. The van der Waals surface area contributed by atoms with Crippen LogP contribution in [0.1, 0.15) is 21.6 Å². The first-order chi connectivity index (χ1) is 12.4. The number of phenols is 1. The monoisotopic (exact) mass is 360 g/mol. The average Bonchev–Trinajstić information content (AvgIpc) is 2.61. The molecular formula is C17H11F3N4O2. The number of aromatic hydroxyl groups is 1. The van der Waals surface area contributed by atoms with E-state index in [0.717, 1.165) is 12.3 Å². The first-order valence-electron chi connectivity index (χ1n) is 7.30. The van der Waals surface area contributed by atoms with E-state index in [-0.39, 0.29) is 16.8 Å². The summed E-state index contributed by atoms with van der Waals surface area (Å²) in [6, 6.07) is 10.2. The smallest absolute Gasteiger partial charge is 0.434 e. The Morgan fingerprint density at radius 1 is 1.19 bits per heavy atom. The second-order valence-electron chi connectivity index (χ2n) is 5.19. The molecule has 0 unspecified atom stereocenters. The maximum Gasteiger partial charge on any atom is 0.434 e. The number of nitrogens with one attached hydrogen (secondary N) is 1. The minimum atomic E-state index is -4.83. The van der Waals surface area contributed by atoms with Crippen LogP contribution in [0.15, 0.2) is 53.8 Å². The molecule has 0 spiro atoms. The van der Waals surface area contributed by atoms with Crippen LogP contribution in [0.2, 0.25) is 0 Å². The number of para-hydroxylation sites is 1. The number of carbonyl (C=O) groups excluding carboxylic acids is 1. The second kappa shape index (κ2) is 6.79. The van der Waals surface area contributed by atoms with Crippen LogP contribution in [0.25, 0.3) is 11.0 Å². The highest BCUT2D eigenvalue weighted by molar-refractivity contribution is 5.99. The molecule has 0 aliphatic heterocycles. The molecule has 2 heterocycles. The van der Waals surface area contributed by atoms with Crippen molar-refractivity contribution in [3.63, 3.8) is 0 Å². The highest BCUT2D eigenvalue weighted by atomic mass is 19.4. The van der Waals surface area contributed by atoms with Gasteiger partial charge in [-0.2, -0.15) is 18.3 Å². The summed E-state index contributed by atoms with van der Waals surface area (Å²) >= 11 is 0.